The van der Waals surface area contributed by atoms with Crippen LogP contribution in [0, 0.1) is 11.3 Å². The van der Waals surface area contributed by atoms with Gasteiger partial charge in [0.25, 0.3) is 0 Å². The average Bonchev–Trinajstić information content (AvgIpc) is 2.99. The molecule has 1 aliphatic rings. The van der Waals surface area contributed by atoms with Crippen molar-refractivity contribution in [2.75, 3.05) is 12.3 Å². The Kier molecular flexibility index (Phi) is 7.95. The van der Waals surface area contributed by atoms with Gasteiger partial charge in [0, 0.05) is 13.1 Å². The second-order valence-electron chi connectivity index (χ2n) is 8.22. The fourth-order valence-electron chi connectivity index (χ4n) is 3.66. The molecule has 3 rings (SSSR count). The summed E-state index contributed by atoms with van der Waals surface area (Å²) in [6.07, 6.45) is 0.955. The van der Waals surface area contributed by atoms with Gasteiger partial charge in [-0.05, 0) is 67.6 Å². The first-order chi connectivity index (χ1) is 15.7. The van der Waals surface area contributed by atoms with Crippen LogP contribution < -0.4 is 9.47 Å². The Balaban J connectivity index is 1.72. The van der Waals surface area contributed by atoms with Gasteiger partial charge in [-0.1, -0.05) is 12.1 Å². The van der Waals surface area contributed by atoms with Crippen molar-refractivity contribution in [3.8, 4) is 17.6 Å². The molecule has 0 saturated heterocycles. The third-order valence-electron chi connectivity index (χ3n) is 5.28. The van der Waals surface area contributed by atoms with Crippen molar-refractivity contribution in [1.82, 2.24) is 4.31 Å². The quantitative estimate of drug-likeness (QED) is 0.594. The molecule has 0 fully saturated rings. The minimum absolute atomic E-state index is 0.0358. The van der Waals surface area contributed by atoms with Gasteiger partial charge in [0.15, 0.2) is 0 Å². The van der Waals surface area contributed by atoms with Crippen LogP contribution in [0.1, 0.15) is 48.9 Å². The Hall–Kier alpha value is -3.09. The second-order valence-corrected chi connectivity index (χ2v) is 10.3. The maximum Gasteiger partial charge on any atom is 0.304 e. The lowest BCUT2D eigenvalue weighted by molar-refractivity contribution is -0.136. The number of benzene rings is 2. The summed E-state index contributed by atoms with van der Waals surface area (Å²) >= 11 is 0. The van der Waals surface area contributed by atoms with Crippen molar-refractivity contribution in [1.29, 1.82) is 5.26 Å². The molecular weight excluding hydrogens is 444 g/mol. The molecule has 2 aromatic carbocycles. The number of sulfonamides is 1. The molecule has 1 aliphatic heterocycles. The molecule has 1 N–H and O–H groups in total. The van der Waals surface area contributed by atoms with Crippen LogP contribution in [-0.4, -0.2) is 42.2 Å². The maximum atomic E-state index is 12.6. The van der Waals surface area contributed by atoms with Gasteiger partial charge < -0.3 is 14.6 Å². The van der Waals surface area contributed by atoms with Gasteiger partial charge in [0.1, 0.15) is 24.2 Å². The molecule has 33 heavy (non-hydrogen) atoms. The van der Waals surface area contributed by atoms with E-state index in [0.29, 0.717) is 30.0 Å². The van der Waals surface area contributed by atoms with Crippen molar-refractivity contribution in [3.05, 3.63) is 58.7 Å². The van der Waals surface area contributed by atoms with Crippen LogP contribution in [0.3, 0.4) is 0 Å². The molecule has 0 saturated carbocycles. The topological polar surface area (TPSA) is 117 Å². The van der Waals surface area contributed by atoms with Gasteiger partial charge in [-0.2, -0.15) is 9.57 Å². The molecule has 2 aromatic rings. The summed E-state index contributed by atoms with van der Waals surface area (Å²) in [5.74, 6) is -0.413. The molecule has 1 heterocycles. The Bertz CT molecular complexity index is 1150. The third-order valence-corrected chi connectivity index (χ3v) is 7.10. The number of aliphatic carboxylic acids is 1. The number of carboxylic acids is 1. The fraction of sp³-hybridized carbons (Fsp3) is 0.417. The van der Waals surface area contributed by atoms with Crippen LogP contribution in [0.5, 0.6) is 11.5 Å². The molecule has 8 nitrogen and oxygen atoms in total. The van der Waals surface area contributed by atoms with E-state index >= 15 is 0 Å². The van der Waals surface area contributed by atoms with E-state index in [9.17, 15) is 18.5 Å². The number of hydrogen-bond acceptors (Lipinski definition) is 6. The van der Waals surface area contributed by atoms with Gasteiger partial charge >= 0.3 is 5.97 Å². The standard InChI is InChI=1S/C24H28N2O6S/c1-17(2)32-23-8-5-18(12-20(23)14-25)16-31-22-7-6-19-4-3-10-26(15-21(19)13-22)33(29,30)11-9-24(27)28/h5-8,12-13,17H,3-4,9-11,15-16H2,1-2H3,(H,27,28). The van der Waals surface area contributed by atoms with Gasteiger partial charge in [-0.3, -0.25) is 4.79 Å². The summed E-state index contributed by atoms with van der Waals surface area (Å²) in [6, 6.07) is 13.1. The van der Waals surface area contributed by atoms with Crippen molar-refractivity contribution >= 4 is 16.0 Å². The predicted molar refractivity (Wildman–Crippen MR) is 122 cm³/mol. The SMILES string of the molecule is CC(C)Oc1ccc(COc2ccc3c(c2)CN(S(=O)(=O)CCC(=O)O)CCC3)cc1C#N. The number of nitriles is 1. The smallest absolute Gasteiger partial charge is 0.304 e. The minimum Gasteiger partial charge on any atom is -0.490 e. The summed E-state index contributed by atoms with van der Waals surface area (Å²) < 4.78 is 38.1. The summed E-state index contributed by atoms with van der Waals surface area (Å²) in [6.45, 7) is 4.59. The molecule has 0 unspecified atom stereocenters. The van der Waals surface area contributed by atoms with Crippen molar-refractivity contribution in [3.63, 3.8) is 0 Å². The molecule has 0 bridgehead atoms. The van der Waals surface area contributed by atoms with E-state index in [1.165, 1.54) is 4.31 Å². The first-order valence-electron chi connectivity index (χ1n) is 10.8. The first-order valence-corrected chi connectivity index (χ1v) is 12.4. The van der Waals surface area contributed by atoms with E-state index in [-0.39, 0.29) is 19.3 Å². The predicted octanol–water partition coefficient (Wildman–Crippen LogP) is 3.48. The number of aryl methyl sites for hydroxylation is 1. The molecule has 0 aromatic heterocycles. The molecular formula is C24H28N2O6S. The molecule has 0 spiro atoms. The Morgan fingerprint density at radius 2 is 2.00 bits per heavy atom. The summed E-state index contributed by atoms with van der Waals surface area (Å²) in [5.41, 5.74) is 3.16. The van der Waals surface area contributed by atoms with Gasteiger partial charge in [-0.25, -0.2) is 8.42 Å². The second kappa shape index (κ2) is 10.7. The summed E-state index contributed by atoms with van der Waals surface area (Å²) in [5, 5.41) is 18.2. The Morgan fingerprint density at radius 1 is 1.21 bits per heavy atom. The summed E-state index contributed by atoms with van der Waals surface area (Å²) in [7, 11) is -3.66. The number of carbonyl (C=O) groups is 1. The molecule has 0 amide bonds. The maximum absolute atomic E-state index is 12.6. The van der Waals surface area contributed by atoms with Crippen LogP contribution in [0.2, 0.25) is 0 Å². The lowest BCUT2D eigenvalue weighted by Gasteiger charge is -2.20. The number of carboxylic acid groups (broad SMARTS) is 1. The molecule has 9 heteroatoms. The highest BCUT2D eigenvalue weighted by atomic mass is 32.2. The highest BCUT2D eigenvalue weighted by Crippen LogP contribution is 2.27. The lowest BCUT2D eigenvalue weighted by Crippen LogP contribution is -2.33. The van der Waals surface area contributed by atoms with Crippen molar-refractivity contribution in [2.45, 2.75) is 52.4 Å². The largest absolute Gasteiger partial charge is 0.490 e. The van der Waals surface area contributed by atoms with E-state index in [1.807, 2.05) is 38.1 Å². The molecule has 176 valence electrons. The monoisotopic (exact) mass is 472 g/mol. The highest BCUT2D eigenvalue weighted by Gasteiger charge is 2.26. The van der Waals surface area contributed by atoms with Gasteiger partial charge in [-0.15, -0.1) is 0 Å². The Labute approximate surface area is 194 Å². The Morgan fingerprint density at radius 3 is 2.70 bits per heavy atom. The number of rotatable bonds is 9. The van der Waals surface area contributed by atoms with Crippen LogP contribution in [-0.2, 0) is 34.4 Å². The number of fused-ring (bicyclic) bond motifs is 1. The number of nitrogens with zero attached hydrogens (tertiary/aromatic N) is 2. The normalized spacial score (nSPS) is 14.2. The van der Waals surface area contributed by atoms with E-state index in [1.54, 1.807) is 12.1 Å². The zero-order chi connectivity index (χ0) is 24.0. The minimum atomic E-state index is -3.66. The van der Waals surface area contributed by atoms with Crippen molar-refractivity contribution < 1.29 is 27.8 Å². The van der Waals surface area contributed by atoms with Crippen LogP contribution in [0.15, 0.2) is 36.4 Å². The van der Waals surface area contributed by atoms with Gasteiger partial charge in [0.2, 0.25) is 10.0 Å². The zero-order valence-corrected chi connectivity index (χ0v) is 19.6. The number of ether oxygens (including phenoxy) is 2. The van der Waals surface area contributed by atoms with E-state index in [0.717, 1.165) is 23.1 Å². The molecule has 0 aliphatic carbocycles. The molecule has 0 atom stereocenters. The van der Waals surface area contributed by atoms with Gasteiger partial charge in [0.05, 0.1) is 23.8 Å². The molecule has 0 radical (unpaired) electrons. The van der Waals surface area contributed by atoms with Crippen LogP contribution in [0.4, 0.5) is 0 Å². The van der Waals surface area contributed by atoms with E-state index < -0.39 is 28.2 Å². The van der Waals surface area contributed by atoms with E-state index in [4.69, 9.17) is 14.6 Å². The van der Waals surface area contributed by atoms with E-state index in [2.05, 4.69) is 6.07 Å². The fourth-order valence-corrected chi connectivity index (χ4v) is 5.09. The lowest BCUT2D eigenvalue weighted by atomic mass is 10.0. The summed E-state index contributed by atoms with van der Waals surface area (Å²) in [4.78, 5) is 10.8. The number of hydrogen-bond donors (Lipinski definition) is 1. The van der Waals surface area contributed by atoms with Crippen LogP contribution >= 0.6 is 0 Å². The highest BCUT2D eigenvalue weighted by molar-refractivity contribution is 7.89. The van der Waals surface area contributed by atoms with Crippen molar-refractivity contribution in [2.24, 2.45) is 0 Å². The first kappa shape index (κ1) is 24.6. The zero-order valence-electron chi connectivity index (χ0n) is 18.8. The van der Waals surface area contributed by atoms with Crippen LogP contribution in [0.25, 0.3) is 0 Å². The average molecular weight is 473 g/mol. The third kappa shape index (κ3) is 6.70.